The maximum Gasteiger partial charge on any atom is 0.166 e. The summed E-state index contributed by atoms with van der Waals surface area (Å²) in [4.78, 5) is 2.00. The summed E-state index contributed by atoms with van der Waals surface area (Å²) in [6, 6.07) is -0.00720. The van der Waals surface area contributed by atoms with E-state index in [2.05, 4.69) is 0 Å². The molecule has 17 heavy (non-hydrogen) atoms. The fourth-order valence-electron chi connectivity index (χ4n) is 2.01. The van der Waals surface area contributed by atoms with Crippen molar-refractivity contribution in [2.45, 2.75) is 18.3 Å². The Kier molecular flexibility index (Phi) is 6.22. The van der Waals surface area contributed by atoms with Crippen molar-refractivity contribution in [1.29, 1.82) is 0 Å². The zero-order valence-electron chi connectivity index (χ0n) is 10.5. The van der Waals surface area contributed by atoms with Gasteiger partial charge in [0.05, 0.1) is 6.61 Å². The van der Waals surface area contributed by atoms with Gasteiger partial charge in [-0.05, 0) is 0 Å². The third-order valence-electron chi connectivity index (χ3n) is 3.04. The minimum absolute atomic E-state index is 0.00720. The highest BCUT2D eigenvalue weighted by molar-refractivity contribution is 8.01. The lowest BCUT2D eigenvalue weighted by molar-refractivity contribution is 0.0914. The summed E-state index contributed by atoms with van der Waals surface area (Å²) in [5.41, 5.74) is 5.71. The van der Waals surface area contributed by atoms with E-state index in [-0.39, 0.29) is 11.8 Å². The lowest BCUT2D eigenvalue weighted by Crippen LogP contribution is -2.56. The lowest BCUT2D eigenvalue weighted by atomic mass is 10.2. The average molecular weight is 282 g/mol. The Morgan fingerprint density at radius 2 is 2.29 bits per heavy atom. The van der Waals surface area contributed by atoms with Crippen LogP contribution in [0.5, 0.6) is 0 Å². The molecule has 0 saturated carbocycles. The van der Waals surface area contributed by atoms with Crippen LogP contribution in [0.25, 0.3) is 0 Å². The van der Waals surface area contributed by atoms with Crippen molar-refractivity contribution in [2.75, 3.05) is 44.1 Å². The van der Waals surface area contributed by atoms with Crippen LogP contribution in [-0.4, -0.2) is 68.8 Å². The second-order valence-electron chi connectivity index (χ2n) is 4.06. The van der Waals surface area contributed by atoms with Crippen LogP contribution in [0.15, 0.2) is 0 Å². The molecule has 0 spiro atoms. The number of thioether (sulfide) groups is 1. The van der Waals surface area contributed by atoms with Crippen molar-refractivity contribution in [1.82, 2.24) is 4.90 Å². The smallest absolute Gasteiger partial charge is 0.166 e. The van der Waals surface area contributed by atoms with Crippen LogP contribution in [0.3, 0.4) is 0 Å². The second-order valence-corrected chi connectivity index (χ2v) is 7.66. The van der Waals surface area contributed by atoms with E-state index in [9.17, 15) is 8.42 Å². The van der Waals surface area contributed by atoms with Gasteiger partial charge in [0.2, 0.25) is 0 Å². The van der Waals surface area contributed by atoms with Gasteiger partial charge in [0.15, 0.2) is 9.84 Å². The number of sulfone groups is 1. The Bertz CT molecular complexity index is 322. The molecule has 7 heteroatoms. The Morgan fingerprint density at radius 3 is 2.82 bits per heavy atom. The molecular formula is C10H22N2O3S2. The van der Waals surface area contributed by atoms with Crippen LogP contribution in [-0.2, 0) is 14.6 Å². The molecule has 2 atom stereocenters. The highest BCUT2D eigenvalue weighted by Gasteiger charge is 2.36. The summed E-state index contributed by atoms with van der Waals surface area (Å²) in [6.45, 7) is 3.37. The molecule has 0 amide bonds. The summed E-state index contributed by atoms with van der Waals surface area (Å²) in [5.74, 6) is 1.77. The third kappa shape index (κ3) is 3.82. The molecular weight excluding hydrogens is 260 g/mol. The highest BCUT2D eigenvalue weighted by atomic mass is 32.2. The summed E-state index contributed by atoms with van der Waals surface area (Å²) in [7, 11) is -1.43. The van der Waals surface area contributed by atoms with Gasteiger partial charge >= 0.3 is 0 Å². The van der Waals surface area contributed by atoms with Gasteiger partial charge in [-0.3, -0.25) is 4.90 Å². The minimum Gasteiger partial charge on any atom is -0.383 e. The van der Waals surface area contributed by atoms with Crippen LogP contribution in [0.2, 0.25) is 0 Å². The highest BCUT2D eigenvalue weighted by Crippen LogP contribution is 2.23. The zero-order valence-corrected chi connectivity index (χ0v) is 12.1. The van der Waals surface area contributed by atoms with Gasteiger partial charge < -0.3 is 10.5 Å². The summed E-state index contributed by atoms with van der Waals surface area (Å²) < 4.78 is 29.2. The van der Waals surface area contributed by atoms with Crippen LogP contribution in [0.1, 0.15) is 6.92 Å². The van der Waals surface area contributed by atoms with E-state index in [0.717, 1.165) is 12.3 Å². The van der Waals surface area contributed by atoms with Gasteiger partial charge in [-0.25, -0.2) is 8.42 Å². The minimum atomic E-state index is -3.05. The van der Waals surface area contributed by atoms with E-state index < -0.39 is 15.2 Å². The predicted octanol–water partition coefficient (Wildman–Crippen LogP) is -0.230. The monoisotopic (exact) mass is 282 g/mol. The third-order valence-corrected chi connectivity index (χ3v) is 6.35. The van der Waals surface area contributed by atoms with E-state index in [1.165, 1.54) is 0 Å². The number of nitrogens with zero attached hydrogens (tertiary/aromatic N) is 1. The van der Waals surface area contributed by atoms with E-state index in [4.69, 9.17) is 10.5 Å². The molecule has 1 heterocycles. The first-order valence-electron chi connectivity index (χ1n) is 5.80. The molecule has 1 aliphatic heterocycles. The van der Waals surface area contributed by atoms with Gasteiger partial charge in [0, 0.05) is 43.5 Å². The van der Waals surface area contributed by atoms with Gasteiger partial charge in [0.25, 0.3) is 0 Å². The van der Waals surface area contributed by atoms with Crippen molar-refractivity contribution in [3.05, 3.63) is 0 Å². The molecule has 5 nitrogen and oxygen atoms in total. The first kappa shape index (κ1) is 15.2. The van der Waals surface area contributed by atoms with Gasteiger partial charge in [-0.1, -0.05) is 6.92 Å². The summed E-state index contributed by atoms with van der Waals surface area (Å²) in [5, 5.41) is -0.407. The standard InChI is InChI=1S/C10H22N2O3S2/c1-3-17(13,14)10-8-16-5-4-12(10)9(6-11)7-15-2/h9-10H,3-8,11H2,1-2H3. The van der Waals surface area contributed by atoms with E-state index in [1.807, 2.05) is 4.90 Å². The Morgan fingerprint density at radius 1 is 1.59 bits per heavy atom. The van der Waals surface area contributed by atoms with Crippen molar-refractivity contribution < 1.29 is 13.2 Å². The average Bonchev–Trinajstić information content (AvgIpc) is 2.36. The number of methoxy groups -OCH3 is 1. The molecule has 102 valence electrons. The topological polar surface area (TPSA) is 72.6 Å². The largest absolute Gasteiger partial charge is 0.383 e. The Hall–Kier alpha value is 0.180. The van der Waals surface area contributed by atoms with Crippen LogP contribution >= 0.6 is 11.8 Å². The van der Waals surface area contributed by atoms with E-state index in [0.29, 0.717) is 18.9 Å². The summed E-state index contributed by atoms with van der Waals surface area (Å²) >= 11 is 1.69. The fraction of sp³-hybridized carbons (Fsp3) is 1.00. The SMILES string of the molecule is CCS(=O)(=O)C1CSCCN1C(CN)COC. The van der Waals surface area contributed by atoms with Gasteiger partial charge in [-0.15, -0.1) is 0 Å². The van der Waals surface area contributed by atoms with Crippen LogP contribution in [0, 0.1) is 0 Å². The van der Waals surface area contributed by atoms with Crippen LogP contribution in [0.4, 0.5) is 0 Å². The maximum absolute atomic E-state index is 12.1. The van der Waals surface area contributed by atoms with Gasteiger partial charge in [-0.2, -0.15) is 11.8 Å². The molecule has 2 N–H and O–H groups in total. The molecule has 0 aromatic carbocycles. The fourth-order valence-corrected chi connectivity index (χ4v) is 5.10. The number of hydrogen-bond donors (Lipinski definition) is 1. The Balaban J connectivity index is 2.85. The maximum atomic E-state index is 12.1. The molecule has 1 rings (SSSR count). The van der Waals surface area contributed by atoms with Crippen molar-refractivity contribution in [3.63, 3.8) is 0 Å². The Labute approximate surface area is 108 Å². The molecule has 2 unspecified atom stereocenters. The molecule has 0 bridgehead atoms. The molecule has 0 aromatic rings. The van der Waals surface area contributed by atoms with Crippen molar-refractivity contribution in [2.24, 2.45) is 5.73 Å². The number of nitrogens with two attached hydrogens (primary N) is 1. The molecule has 0 aromatic heterocycles. The van der Waals surface area contributed by atoms with Crippen molar-refractivity contribution in [3.8, 4) is 0 Å². The zero-order chi connectivity index (χ0) is 12.9. The number of ether oxygens (including phenoxy) is 1. The van der Waals surface area contributed by atoms with Crippen LogP contribution < -0.4 is 5.73 Å². The molecule has 0 radical (unpaired) electrons. The quantitative estimate of drug-likeness (QED) is 0.725. The molecule has 0 aliphatic carbocycles. The number of rotatable bonds is 6. The second kappa shape index (κ2) is 6.94. The molecule has 1 saturated heterocycles. The summed E-state index contributed by atoms with van der Waals surface area (Å²) in [6.07, 6.45) is 0. The van der Waals surface area contributed by atoms with Gasteiger partial charge in [0.1, 0.15) is 5.37 Å². The van der Waals surface area contributed by atoms with E-state index >= 15 is 0 Å². The van der Waals surface area contributed by atoms with Crippen molar-refractivity contribution >= 4 is 21.6 Å². The van der Waals surface area contributed by atoms with E-state index in [1.54, 1.807) is 25.8 Å². The first-order valence-corrected chi connectivity index (χ1v) is 8.67. The molecule has 1 fully saturated rings. The molecule has 1 aliphatic rings. The normalized spacial score (nSPS) is 24.8. The first-order chi connectivity index (χ1) is 8.06. The lowest BCUT2D eigenvalue weighted by Gasteiger charge is -2.39. The number of hydrogen-bond acceptors (Lipinski definition) is 6. The predicted molar refractivity (Wildman–Crippen MR) is 72.0 cm³/mol.